The number of nitrogens with zero attached hydrogens (tertiary/aromatic N) is 4. The summed E-state index contributed by atoms with van der Waals surface area (Å²) in [5.74, 6) is 1.08. The average molecular weight is 356 g/mol. The molecular formula is C20H28N4O2. The normalized spacial score (nSPS) is 20.2. The molecule has 1 aliphatic rings. The number of rotatable bonds is 7. The van der Waals surface area contributed by atoms with Crippen LogP contribution in [0.25, 0.3) is 0 Å². The quantitative estimate of drug-likeness (QED) is 0.763. The molecule has 6 nitrogen and oxygen atoms in total. The summed E-state index contributed by atoms with van der Waals surface area (Å²) in [5.41, 5.74) is 0.790. The van der Waals surface area contributed by atoms with Crippen LogP contribution in [0.4, 0.5) is 0 Å². The van der Waals surface area contributed by atoms with Gasteiger partial charge in [0.1, 0.15) is 18.1 Å². The molecule has 3 rings (SSSR count). The number of benzene rings is 1. The van der Waals surface area contributed by atoms with Crippen LogP contribution in [0.15, 0.2) is 36.5 Å². The number of carbonyl (C=O) groups is 1. The summed E-state index contributed by atoms with van der Waals surface area (Å²) in [6, 6.07) is 10.4. The first-order valence-corrected chi connectivity index (χ1v) is 9.51. The molecule has 0 bridgehead atoms. The first-order valence-electron chi connectivity index (χ1n) is 9.51. The van der Waals surface area contributed by atoms with Gasteiger partial charge in [0.25, 0.3) is 0 Å². The molecule has 1 amide bonds. The van der Waals surface area contributed by atoms with Crippen molar-refractivity contribution >= 4 is 5.91 Å². The predicted molar refractivity (Wildman–Crippen MR) is 99.7 cm³/mol. The van der Waals surface area contributed by atoms with Crippen molar-refractivity contribution in [1.82, 2.24) is 19.9 Å². The molecule has 0 N–H and O–H groups in total. The first-order chi connectivity index (χ1) is 12.6. The fraction of sp³-hybridized carbons (Fsp3) is 0.550. The van der Waals surface area contributed by atoms with Gasteiger partial charge in [0.2, 0.25) is 5.91 Å². The van der Waals surface area contributed by atoms with Crippen molar-refractivity contribution in [3.05, 3.63) is 42.2 Å². The Labute approximate surface area is 155 Å². The van der Waals surface area contributed by atoms with Gasteiger partial charge < -0.3 is 9.64 Å². The first kappa shape index (κ1) is 18.4. The Morgan fingerprint density at radius 3 is 2.65 bits per heavy atom. The minimum absolute atomic E-state index is 0.262. The molecule has 1 aliphatic heterocycles. The van der Waals surface area contributed by atoms with Gasteiger partial charge in [-0.25, -0.2) is 0 Å². The molecule has 1 aromatic carbocycles. The predicted octanol–water partition coefficient (Wildman–Crippen LogP) is 3.43. The Bertz CT molecular complexity index is 691. The number of amides is 1. The molecule has 2 heterocycles. The van der Waals surface area contributed by atoms with Crippen LogP contribution in [0.1, 0.15) is 51.6 Å². The highest BCUT2D eigenvalue weighted by atomic mass is 16.5. The zero-order valence-electron chi connectivity index (χ0n) is 15.7. The van der Waals surface area contributed by atoms with E-state index in [9.17, 15) is 4.79 Å². The molecule has 1 aromatic heterocycles. The number of piperidine rings is 1. The SMILES string of the molecule is CC1CCCC(C)N1C(=O)CCCn1cc(COc2ccccc2)nn1. The molecule has 1 fully saturated rings. The molecule has 0 spiro atoms. The zero-order chi connectivity index (χ0) is 18.4. The van der Waals surface area contributed by atoms with Crippen molar-refractivity contribution in [3.63, 3.8) is 0 Å². The second kappa shape index (κ2) is 8.83. The maximum atomic E-state index is 12.5. The number of carbonyl (C=O) groups excluding carboxylic acids is 1. The Kier molecular flexibility index (Phi) is 6.26. The van der Waals surface area contributed by atoms with E-state index in [4.69, 9.17) is 4.74 Å². The van der Waals surface area contributed by atoms with Crippen molar-refractivity contribution in [1.29, 1.82) is 0 Å². The largest absolute Gasteiger partial charge is 0.487 e. The summed E-state index contributed by atoms with van der Waals surface area (Å²) in [6.45, 7) is 5.40. The van der Waals surface area contributed by atoms with Crippen molar-refractivity contribution < 1.29 is 9.53 Å². The van der Waals surface area contributed by atoms with Crippen molar-refractivity contribution in [2.45, 2.75) is 71.2 Å². The van der Waals surface area contributed by atoms with Crippen molar-refractivity contribution in [2.75, 3.05) is 0 Å². The van der Waals surface area contributed by atoms with E-state index < -0.39 is 0 Å². The van der Waals surface area contributed by atoms with E-state index in [1.807, 2.05) is 36.5 Å². The summed E-state index contributed by atoms with van der Waals surface area (Å²) in [4.78, 5) is 14.6. The molecule has 26 heavy (non-hydrogen) atoms. The minimum Gasteiger partial charge on any atom is -0.487 e. The lowest BCUT2D eigenvalue weighted by Crippen LogP contribution is -2.47. The molecule has 2 unspecified atom stereocenters. The van der Waals surface area contributed by atoms with Gasteiger partial charge in [-0.1, -0.05) is 23.4 Å². The fourth-order valence-electron chi connectivity index (χ4n) is 3.62. The van der Waals surface area contributed by atoms with Gasteiger partial charge >= 0.3 is 0 Å². The third-order valence-electron chi connectivity index (χ3n) is 4.98. The summed E-state index contributed by atoms with van der Waals surface area (Å²) < 4.78 is 7.47. The number of aromatic nitrogens is 3. The molecule has 6 heteroatoms. The minimum atomic E-state index is 0.262. The highest BCUT2D eigenvalue weighted by molar-refractivity contribution is 5.76. The van der Waals surface area contributed by atoms with Crippen LogP contribution in [0.5, 0.6) is 5.75 Å². The van der Waals surface area contributed by atoms with Crippen LogP contribution >= 0.6 is 0 Å². The average Bonchev–Trinajstić information content (AvgIpc) is 3.08. The summed E-state index contributed by atoms with van der Waals surface area (Å²) in [5, 5.41) is 8.27. The molecule has 0 aliphatic carbocycles. The third-order valence-corrected chi connectivity index (χ3v) is 4.98. The van der Waals surface area contributed by atoms with Crippen molar-refractivity contribution in [3.8, 4) is 5.75 Å². The number of hydrogen-bond donors (Lipinski definition) is 0. The maximum absolute atomic E-state index is 12.5. The summed E-state index contributed by atoms with van der Waals surface area (Å²) in [6.07, 6.45) is 6.67. The lowest BCUT2D eigenvalue weighted by atomic mass is 9.97. The number of likely N-dealkylation sites (tertiary alicyclic amines) is 1. The molecule has 140 valence electrons. The van der Waals surface area contributed by atoms with Gasteiger partial charge in [0, 0.05) is 25.0 Å². The lowest BCUT2D eigenvalue weighted by molar-refractivity contribution is -0.137. The Balaban J connectivity index is 1.42. The smallest absolute Gasteiger partial charge is 0.223 e. The highest BCUT2D eigenvalue weighted by Crippen LogP contribution is 2.23. The van der Waals surface area contributed by atoms with Crippen LogP contribution in [-0.4, -0.2) is 37.9 Å². The number of ether oxygens (including phenoxy) is 1. The van der Waals surface area contributed by atoms with Crippen molar-refractivity contribution in [2.24, 2.45) is 0 Å². The topological polar surface area (TPSA) is 60.2 Å². The summed E-state index contributed by atoms with van der Waals surface area (Å²) in [7, 11) is 0. The Morgan fingerprint density at radius 1 is 1.19 bits per heavy atom. The van der Waals surface area contributed by atoms with Gasteiger partial charge in [-0.05, 0) is 51.7 Å². The second-order valence-corrected chi connectivity index (χ2v) is 7.11. The molecule has 0 radical (unpaired) electrons. The standard InChI is InChI=1S/C20H28N4O2/c1-16-8-6-9-17(2)24(16)20(25)12-7-13-23-14-18(21-22-23)15-26-19-10-4-3-5-11-19/h3-5,10-11,14,16-17H,6-9,12-13,15H2,1-2H3. The van der Waals surface area contributed by atoms with E-state index in [0.29, 0.717) is 31.7 Å². The van der Waals surface area contributed by atoms with E-state index >= 15 is 0 Å². The third kappa shape index (κ3) is 4.84. The zero-order valence-corrected chi connectivity index (χ0v) is 15.7. The van der Waals surface area contributed by atoms with E-state index in [-0.39, 0.29) is 5.91 Å². The second-order valence-electron chi connectivity index (χ2n) is 7.11. The fourth-order valence-corrected chi connectivity index (χ4v) is 3.62. The molecule has 2 aromatic rings. The van der Waals surface area contributed by atoms with E-state index in [0.717, 1.165) is 30.7 Å². The Morgan fingerprint density at radius 2 is 1.92 bits per heavy atom. The van der Waals surface area contributed by atoms with Gasteiger partial charge in [0.05, 0.1) is 6.20 Å². The number of aryl methyl sites for hydroxylation is 1. The molecular weight excluding hydrogens is 328 g/mol. The van der Waals surface area contributed by atoms with Gasteiger partial charge in [-0.2, -0.15) is 0 Å². The number of para-hydroxylation sites is 1. The van der Waals surface area contributed by atoms with Gasteiger partial charge in [-0.3, -0.25) is 9.48 Å². The van der Waals surface area contributed by atoms with Crippen LogP contribution in [0.3, 0.4) is 0 Å². The molecule has 0 saturated carbocycles. The lowest BCUT2D eigenvalue weighted by Gasteiger charge is -2.39. The van der Waals surface area contributed by atoms with E-state index in [1.54, 1.807) is 4.68 Å². The van der Waals surface area contributed by atoms with E-state index in [2.05, 4.69) is 29.1 Å². The summed E-state index contributed by atoms with van der Waals surface area (Å²) >= 11 is 0. The highest BCUT2D eigenvalue weighted by Gasteiger charge is 2.28. The van der Waals surface area contributed by atoms with E-state index in [1.165, 1.54) is 6.42 Å². The van der Waals surface area contributed by atoms with Crippen LogP contribution in [0, 0.1) is 0 Å². The van der Waals surface area contributed by atoms with Crippen LogP contribution in [-0.2, 0) is 17.9 Å². The van der Waals surface area contributed by atoms with Crippen LogP contribution < -0.4 is 4.74 Å². The molecule has 1 saturated heterocycles. The maximum Gasteiger partial charge on any atom is 0.223 e. The Hall–Kier alpha value is -2.37. The number of hydrogen-bond acceptors (Lipinski definition) is 4. The van der Waals surface area contributed by atoms with Gasteiger partial charge in [0.15, 0.2) is 0 Å². The molecule has 2 atom stereocenters. The van der Waals surface area contributed by atoms with Gasteiger partial charge in [-0.15, -0.1) is 5.10 Å². The monoisotopic (exact) mass is 356 g/mol. The van der Waals surface area contributed by atoms with Crippen LogP contribution in [0.2, 0.25) is 0 Å².